The minimum atomic E-state index is -0.374. The van der Waals surface area contributed by atoms with E-state index in [0.29, 0.717) is 13.0 Å². The summed E-state index contributed by atoms with van der Waals surface area (Å²) in [5, 5.41) is 14.3. The van der Waals surface area contributed by atoms with Gasteiger partial charge in [0.15, 0.2) is 0 Å². The second-order valence-corrected chi connectivity index (χ2v) is 7.61. The molecule has 0 saturated carbocycles. The van der Waals surface area contributed by atoms with Crippen LogP contribution in [0.3, 0.4) is 0 Å². The van der Waals surface area contributed by atoms with Crippen LogP contribution in [0, 0.1) is 16.0 Å². The predicted molar refractivity (Wildman–Crippen MR) is 107 cm³/mol. The molecule has 146 valence electrons. The number of carbonyl (C=O) groups is 1. The molecule has 0 bridgehead atoms. The van der Waals surface area contributed by atoms with Crippen LogP contribution in [0.2, 0.25) is 0 Å². The number of hydrogen-bond donors (Lipinski definition) is 1. The van der Waals surface area contributed by atoms with E-state index < -0.39 is 0 Å². The number of nitrogens with one attached hydrogen (secondary N) is 1. The van der Waals surface area contributed by atoms with Crippen LogP contribution >= 0.6 is 0 Å². The Kier molecular flexibility index (Phi) is 5.00. The maximum absolute atomic E-state index is 13.1. The van der Waals surface area contributed by atoms with Crippen LogP contribution in [-0.2, 0) is 17.8 Å². The van der Waals surface area contributed by atoms with E-state index in [4.69, 9.17) is 0 Å². The van der Waals surface area contributed by atoms with Gasteiger partial charge >= 0.3 is 0 Å². The van der Waals surface area contributed by atoms with Gasteiger partial charge in [0.1, 0.15) is 0 Å². The van der Waals surface area contributed by atoms with E-state index in [9.17, 15) is 14.9 Å². The van der Waals surface area contributed by atoms with Gasteiger partial charge in [-0.3, -0.25) is 14.9 Å². The molecule has 0 aliphatic carbocycles. The van der Waals surface area contributed by atoms with Gasteiger partial charge in [-0.1, -0.05) is 30.3 Å². The third-order valence-electron chi connectivity index (χ3n) is 5.76. The van der Waals surface area contributed by atoms with E-state index in [1.807, 2.05) is 36.4 Å². The zero-order valence-corrected chi connectivity index (χ0v) is 15.9. The van der Waals surface area contributed by atoms with Crippen LogP contribution in [0.5, 0.6) is 0 Å². The normalized spacial score (nSPS) is 21.5. The molecule has 2 heterocycles. The van der Waals surface area contributed by atoms with Gasteiger partial charge in [-0.15, -0.1) is 0 Å². The number of non-ortho nitro benzene ring substituents is 1. The molecular formula is C21H24N4O3. The number of nitrogens with zero attached hydrogens (tertiary/aromatic N) is 3. The van der Waals surface area contributed by atoms with Gasteiger partial charge in [0.25, 0.3) is 5.69 Å². The zero-order chi connectivity index (χ0) is 19.7. The van der Waals surface area contributed by atoms with Crippen molar-refractivity contribution in [1.29, 1.82) is 0 Å². The fraction of sp³-hybridized carbons (Fsp3) is 0.381. The summed E-state index contributed by atoms with van der Waals surface area (Å²) < 4.78 is 0. The molecule has 2 aliphatic heterocycles. The van der Waals surface area contributed by atoms with Crippen molar-refractivity contribution < 1.29 is 9.72 Å². The molecule has 0 unspecified atom stereocenters. The molecule has 2 atom stereocenters. The third-order valence-corrected chi connectivity index (χ3v) is 5.76. The quantitative estimate of drug-likeness (QED) is 0.650. The van der Waals surface area contributed by atoms with Gasteiger partial charge in [-0.25, -0.2) is 0 Å². The van der Waals surface area contributed by atoms with Crippen molar-refractivity contribution in [2.24, 2.45) is 5.92 Å². The average molecular weight is 380 g/mol. The number of nitro groups is 1. The fourth-order valence-corrected chi connectivity index (χ4v) is 4.28. The fourth-order valence-electron chi connectivity index (χ4n) is 4.28. The Morgan fingerprint density at radius 1 is 1.21 bits per heavy atom. The molecule has 2 aromatic carbocycles. The lowest BCUT2D eigenvalue weighted by molar-refractivity contribution is -0.384. The Balaban J connectivity index is 1.59. The molecule has 7 nitrogen and oxygen atoms in total. The largest absolute Gasteiger partial charge is 0.365 e. The number of benzene rings is 2. The average Bonchev–Trinajstić information content (AvgIpc) is 2.71. The number of carbonyl (C=O) groups excluding carboxylic acids is 1. The van der Waals surface area contributed by atoms with Crippen molar-refractivity contribution in [2.45, 2.75) is 19.0 Å². The molecule has 0 spiro atoms. The summed E-state index contributed by atoms with van der Waals surface area (Å²) in [6.07, 6.45) is 0.520. The second kappa shape index (κ2) is 7.59. The lowest BCUT2D eigenvalue weighted by Gasteiger charge is -2.48. The Bertz CT molecular complexity index is 886. The maximum atomic E-state index is 13.1. The van der Waals surface area contributed by atoms with Crippen LogP contribution in [0.1, 0.15) is 11.1 Å². The number of anilines is 1. The van der Waals surface area contributed by atoms with E-state index in [2.05, 4.69) is 22.2 Å². The highest BCUT2D eigenvalue weighted by molar-refractivity contribution is 5.82. The molecule has 0 aromatic heterocycles. The first-order valence-corrected chi connectivity index (χ1v) is 9.57. The van der Waals surface area contributed by atoms with Gasteiger partial charge in [-0.2, -0.15) is 0 Å². The monoisotopic (exact) mass is 380 g/mol. The number of fused-ring (bicyclic) bond motifs is 3. The molecule has 1 amide bonds. The van der Waals surface area contributed by atoms with Crippen LogP contribution < -0.4 is 10.2 Å². The van der Waals surface area contributed by atoms with Crippen LogP contribution in [0.4, 0.5) is 11.4 Å². The Labute approximate surface area is 164 Å². The molecule has 2 aliphatic rings. The molecule has 4 rings (SSSR count). The van der Waals surface area contributed by atoms with E-state index >= 15 is 0 Å². The number of likely N-dealkylation sites (N-methyl/N-ethyl adjacent to an activating group) is 1. The summed E-state index contributed by atoms with van der Waals surface area (Å²) in [6, 6.07) is 14.9. The van der Waals surface area contributed by atoms with Crippen molar-refractivity contribution in [3.8, 4) is 0 Å². The van der Waals surface area contributed by atoms with Crippen LogP contribution in [-0.4, -0.2) is 48.5 Å². The Hall–Kier alpha value is -2.93. The molecule has 28 heavy (non-hydrogen) atoms. The number of rotatable bonds is 4. The van der Waals surface area contributed by atoms with Gasteiger partial charge in [0.2, 0.25) is 5.91 Å². The predicted octanol–water partition coefficient (Wildman–Crippen LogP) is 2.20. The van der Waals surface area contributed by atoms with Crippen LogP contribution in [0.15, 0.2) is 48.5 Å². The minimum Gasteiger partial charge on any atom is -0.365 e. The molecule has 1 saturated heterocycles. The summed E-state index contributed by atoms with van der Waals surface area (Å²) in [5.41, 5.74) is 3.04. The van der Waals surface area contributed by atoms with E-state index in [1.54, 1.807) is 12.1 Å². The molecule has 2 aromatic rings. The first-order valence-electron chi connectivity index (χ1n) is 9.57. The van der Waals surface area contributed by atoms with Gasteiger partial charge in [-0.05, 0) is 30.7 Å². The highest BCUT2D eigenvalue weighted by atomic mass is 16.6. The first kappa shape index (κ1) is 18.4. The summed E-state index contributed by atoms with van der Waals surface area (Å²) in [7, 11) is 2.07. The van der Waals surface area contributed by atoms with Gasteiger partial charge < -0.3 is 15.1 Å². The minimum absolute atomic E-state index is 0.00584. The summed E-state index contributed by atoms with van der Waals surface area (Å²) in [6.45, 7) is 3.01. The van der Waals surface area contributed by atoms with Crippen molar-refractivity contribution in [3.05, 3.63) is 69.8 Å². The summed E-state index contributed by atoms with van der Waals surface area (Å²) >= 11 is 0. The lowest BCUT2D eigenvalue weighted by atomic mass is 9.83. The van der Waals surface area contributed by atoms with Crippen molar-refractivity contribution in [3.63, 3.8) is 0 Å². The third kappa shape index (κ3) is 3.57. The smallest absolute Gasteiger partial charge is 0.269 e. The summed E-state index contributed by atoms with van der Waals surface area (Å²) in [4.78, 5) is 28.4. The number of hydrogen-bond acceptors (Lipinski definition) is 5. The van der Waals surface area contributed by atoms with Crippen molar-refractivity contribution >= 4 is 17.3 Å². The highest BCUT2D eigenvalue weighted by Gasteiger charge is 2.41. The molecule has 7 heteroatoms. The zero-order valence-electron chi connectivity index (χ0n) is 15.9. The van der Waals surface area contributed by atoms with E-state index in [0.717, 1.165) is 36.4 Å². The second-order valence-electron chi connectivity index (χ2n) is 7.61. The Morgan fingerprint density at radius 3 is 2.75 bits per heavy atom. The van der Waals surface area contributed by atoms with Crippen LogP contribution in [0.25, 0.3) is 0 Å². The standard InChI is InChI=1S/C21H24N4O3/c1-23-9-10-24-19-8-7-17(25(27)28)11-16(19)12-18(20(24)14-23)21(26)22-13-15-5-3-2-4-6-15/h2-8,11,18,20H,9-10,12-14H2,1H3,(H,22,26)/t18-,20-/m1/s1. The maximum Gasteiger partial charge on any atom is 0.269 e. The van der Waals surface area contributed by atoms with Gasteiger partial charge in [0.05, 0.1) is 16.9 Å². The number of piperazine rings is 1. The molecule has 1 N–H and O–H groups in total. The van der Waals surface area contributed by atoms with E-state index in [-0.39, 0.29) is 28.5 Å². The molecular weight excluding hydrogens is 356 g/mol. The van der Waals surface area contributed by atoms with Gasteiger partial charge in [0, 0.05) is 44.0 Å². The lowest BCUT2D eigenvalue weighted by Crippen LogP contribution is -2.60. The first-order chi connectivity index (χ1) is 13.5. The summed E-state index contributed by atoms with van der Waals surface area (Å²) in [5.74, 6) is -0.229. The van der Waals surface area contributed by atoms with Crippen molar-refractivity contribution in [1.82, 2.24) is 10.2 Å². The molecule has 0 radical (unpaired) electrons. The SMILES string of the molecule is CN1CCN2c3ccc([N+](=O)[O-])cc3C[C@@H](C(=O)NCc3ccccc3)[C@H]2C1. The number of nitro benzene ring substituents is 1. The van der Waals surface area contributed by atoms with E-state index in [1.165, 1.54) is 0 Å². The topological polar surface area (TPSA) is 78.7 Å². The molecule has 1 fully saturated rings. The Morgan fingerprint density at radius 2 is 2.00 bits per heavy atom. The number of amides is 1. The van der Waals surface area contributed by atoms with Crippen molar-refractivity contribution in [2.75, 3.05) is 31.6 Å². The highest BCUT2D eigenvalue weighted by Crippen LogP contribution is 2.37.